The zero-order chi connectivity index (χ0) is 58.6. The van der Waals surface area contributed by atoms with Crippen LogP contribution < -0.4 is 32.6 Å². The molecule has 0 aliphatic carbocycles. The van der Waals surface area contributed by atoms with Gasteiger partial charge in [-0.2, -0.15) is 26.3 Å². The molecule has 4 N–H and O–H groups in total. The molecule has 0 spiro atoms. The van der Waals surface area contributed by atoms with Gasteiger partial charge < -0.3 is 21.3 Å². The Labute approximate surface area is 476 Å². The van der Waals surface area contributed by atoms with Crippen LogP contribution in [0.25, 0.3) is 34.4 Å². The lowest BCUT2D eigenvalue weighted by Gasteiger charge is -2.24. The highest BCUT2D eigenvalue weighted by Gasteiger charge is 2.45. The number of nitrogens with zero attached hydrogens (tertiary/aromatic N) is 14. The maximum atomic E-state index is 14.1. The van der Waals surface area contributed by atoms with Crippen molar-refractivity contribution < 1.29 is 44.7 Å². The first kappa shape index (κ1) is 59.0. The first-order chi connectivity index (χ1) is 39.0. The molecule has 2 aliphatic heterocycles. The lowest BCUT2D eigenvalue weighted by atomic mass is 10.1. The Morgan fingerprint density at radius 2 is 0.951 bits per heavy atom. The molecule has 0 saturated carbocycles. The van der Waals surface area contributed by atoms with Gasteiger partial charge in [0.1, 0.15) is 50.2 Å². The first-order valence-electron chi connectivity index (χ1n) is 24.4. The molecule has 2 fully saturated rings. The fourth-order valence-electron chi connectivity index (χ4n) is 8.50. The van der Waals surface area contributed by atoms with Crippen molar-refractivity contribution in [1.82, 2.24) is 89.5 Å². The van der Waals surface area contributed by atoms with Crippen molar-refractivity contribution in [3.8, 4) is 34.4 Å². The summed E-state index contributed by atoms with van der Waals surface area (Å²) in [6.45, 7) is -2.86. The molecule has 2 aromatic carbocycles. The molecule has 10 rings (SSSR count). The molecule has 8 heterocycles. The van der Waals surface area contributed by atoms with Gasteiger partial charge in [-0.25, -0.2) is 57.0 Å². The molecule has 0 radical (unpaired) electrons. The molecule has 0 bridgehead atoms. The molecule has 34 heteroatoms. The molecule has 22 nitrogen and oxygen atoms in total. The van der Waals surface area contributed by atoms with Gasteiger partial charge in [-0.3, -0.25) is 18.7 Å². The van der Waals surface area contributed by atoms with Crippen molar-refractivity contribution in [3.05, 3.63) is 151 Å². The Bertz CT molecular complexity index is 3440. The lowest BCUT2D eigenvalue weighted by Crippen LogP contribution is -2.53. The van der Waals surface area contributed by atoms with E-state index in [2.05, 4.69) is 51.0 Å². The third-order valence-corrected chi connectivity index (χ3v) is 13.7. The van der Waals surface area contributed by atoms with Crippen molar-refractivity contribution >= 4 is 58.2 Å². The zero-order valence-corrected chi connectivity index (χ0v) is 44.8. The van der Waals surface area contributed by atoms with E-state index >= 15 is 0 Å². The van der Waals surface area contributed by atoms with Gasteiger partial charge >= 0.3 is 23.7 Å². The monoisotopic (exact) mass is 1230 g/mol. The van der Waals surface area contributed by atoms with E-state index in [0.717, 1.165) is 18.5 Å². The summed E-state index contributed by atoms with van der Waals surface area (Å²) >= 11 is 24.2. The van der Waals surface area contributed by atoms with Gasteiger partial charge in [0.05, 0.1) is 35.2 Å². The van der Waals surface area contributed by atoms with Crippen LogP contribution in [0.4, 0.5) is 35.1 Å². The van der Waals surface area contributed by atoms with Gasteiger partial charge in [0, 0.05) is 59.5 Å². The topological polar surface area (TPSA) is 249 Å². The Morgan fingerprint density at radius 3 is 1.28 bits per heavy atom. The number of hydrogen-bond acceptors (Lipinski definition) is 14. The molecular formula is C48H42Cl4F8N18O4. The van der Waals surface area contributed by atoms with E-state index in [4.69, 9.17) is 46.4 Å². The average Bonchev–Trinajstić information content (AvgIpc) is 4.21. The van der Waals surface area contributed by atoms with Gasteiger partial charge in [0.2, 0.25) is 11.8 Å². The maximum Gasteiger partial charge on any atom is 0.410 e. The second kappa shape index (κ2) is 24.8. The van der Waals surface area contributed by atoms with Crippen LogP contribution in [-0.4, -0.2) is 142 Å². The number of carbonyl (C=O) groups is 2. The number of benzene rings is 2. The van der Waals surface area contributed by atoms with Crippen molar-refractivity contribution in [1.29, 1.82) is 0 Å². The summed E-state index contributed by atoms with van der Waals surface area (Å²) in [6.07, 6.45) is -7.45. The van der Waals surface area contributed by atoms with E-state index in [1.165, 1.54) is 82.9 Å². The summed E-state index contributed by atoms with van der Waals surface area (Å²) in [4.78, 5) is 68.4. The number of alkyl halides is 8. The number of rotatable bonds is 16. The molecule has 6 aromatic heterocycles. The molecule has 8 aromatic rings. The van der Waals surface area contributed by atoms with Gasteiger partial charge in [-0.15, -0.1) is 20.4 Å². The number of nitrogens with one attached hydrogen (secondary N) is 4. The number of halogens is 12. The number of carbonyl (C=O) groups excluding carboxylic acids is 2. The van der Waals surface area contributed by atoms with Crippen LogP contribution >= 0.6 is 46.4 Å². The molecule has 2 aliphatic rings. The molecule has 82 heavy (non-hydrogen) atoms. The summed E-state index contributed by atoms with van der Waals surface area (Å²) in [7, 11) is 0. The van der Waals surface area contributed by atoms with E-state index < -0.39 is 85.1 Å². The van der Waals surface area contributed by atoms with Crippen molar-refractivity contribution in [3.63, 3.8) is 0 Å². The van der Waals surface area contributed by atoms with Crippen molar-refractivity contribution in [2.75, 3.05) is 13.1 Å². The fraction of sp³-hybridized carbons (Fsp3) is 0.333. The van der Waals surface area contributed by atoms with E-state index in [1.807, 2.05) is 10.6 Å². The van der Waals surface area contributed by atoms with Crippen LogP contribution in [0.2, 0.25) is 20.1 Å². The Kier molecular flexibility index (Phi) is 17.9. The quantitative estimate of drug-likeness (QED) is 0.0863. The summed E-state index contributed by atoms with van der Waals surface area (Å²) in [5, 5.41) is 27.2. The molecule has 6 atom stereocenters. The molecule has 2 amide bonds. The minimum Gasteiger partial charge on any atom is -0.342 e. The van der Waals surface area contributed by atoms with Gasteiger partial charge in [-0.05, 0) is 72.8 Å². The van der Waals surface area contributed by atoms with Crippen LogP contribution in [0.5, 0.6) is 0 Å². The highest BCUT2D eigenvalue weighted by molar-refractivity contribution is 6.32. The number of aromatic nitrogens is 14. The molecule has 432 valence electrons. The van der Waals surface area contributed by atoms with E-state index in [9.17, 15) is 54.3 Å². The summed E-state index contributed by atoms with van der Waals surface area (Å²) < 4.78 is 118. The standard InChI is InChI=1S/2C24H21Cl2F4N9O2/c2*25-14-5-3-13(4-6-14)20-36-38(11-19-33-12-39(35-19)21-16(26)2-1-7-31-21)23(41)37(20)10-18(24(28,29)30)34-22(40)17-8-15(27)9-32-17/h2*1-7,12,15,17-18,32H,8-11H2,(H,34,40)/t15-,17?,18?;15-,17-,18?/m10/s1. The van der Waals surface area contributed by atoms with Gasteiger partial charge in [0.25, 0.3) is 0 Å². The molecule has 2 saturated heterocycles. The van der Waals surface area contributed by atoms with Crippen LogP contribution in [0.1, 0.15) is 24.5 Å². The minimum absolute atomic E-state index is 0.106. The summed E-state index contributed by atoms with van der Waals surface area (Å²) in [6, 6.07) is 11.2. The van der Waals surface area contributed by atoms with E-state index in [-0.39, 0.29) is 74.0 Å². The maximum absolute atomic E-state index is 14.1. The third-order valence-electron chi connectivity index (χ3n) is 12.6. The second-order valence-corrected chi connectivity index (χ2v) is 20.1. The van der Waals surface area contributed by atoms with E-state index in [0.29, 0.717) is 31.2 Å². The first-order valence-corrected chi connectivity index (χ1v) is 25.9. The van der Waals surface area contributed by atoms with E-state index in [1.54, 1.807) is 24.3 Å². The minimum atomic E-state index is -4.94. The van der Waals surface area contributed by atoms with Gasteiger partial charge in [-0.1, -0.05) is 46.4 Å². The Morgan fingerprint density at radius 1 is 0.573 bits per heavy atom. The average molecular weight is 1230 g/mol. The number of hydrogen-bond donors (Lipinski definition) is 4. The Hall–Kier alpha value is -7.64. The summed E-state index contributed by atoms with van der Waals surface area (Å²) in [5.74, 6) is -1.48. The zero-order valence-electron chi connectivity index (χ0n) is 41.8. The highest BCUT2D eigenvalue weighted by atomic mass is 35.5. The number of pyridine rings is 2. The molecular weight excluding hydrogens is 1190 g/mol. The summed E-state index contributed by atoms with van der Waals surface area (Å²) in [5.41, 5.74) is -1.22. The largest absolute Gasteiger partial charge is 0.410 e. The van der Waals surface area contributed by atoms with Crippen LogP contribution in [0.15, 0.2) is 107 Å². The molecule has 3 unspecified atom stereocenters. The van der Waals surface area contributed by atoms with Crippen LogP contribution in [0.3, 0.4) is 0 Å². The number of amides is 2. The Balaban J connectivity index is 0.000000198. The second-order valence-electron chi connectivity index (χ2n) is 18.4. The SMILES string of the molecule is O=C(NC(Cn1c(-c2ccc(Cl)cc2)nn(Cc2ncn(-c3ncccc3Cl)n2)c1=O)C(F)(F)F)C1C[C@@H](F)CN1.O=C(NC(Cn1c(-c2ccc(Cl)cc2)nn(Cc2ncn(-c3ncccc3Cl)n2)c1=O)C(F)(F)F)[C@@H]1C[C@H](F)CN1. The predicted octanol–water partition coefficient (Wildman–Crippen LogP) is 5.58. The van der Waals surface area contributed by atoms with Gasteiger partial charge in [0.15, 0.2) is 34.9 Å². The third kappa shape index (κ3) is 14.0. The van der Waals surface area contributed by atoms with Crippen LogP contribution in [0, 0.1) is 0 Å². The lowest BCUT2D eigenvalue weighted by molar-refractivity contribution is -0.165. The highest BCUT2D eigenvalue weighted by Crippen LogP contribution is 2.28. The normalized spacial score (nSPS) is 18.0. The van der Waals surface area contributed by atoms with Crippen molar-refractivity contribution in [2.24, 2.45) is 0 Å². The van der Waals surface area contributed by atoms with Crippen molar-refractivity contribution in [2.45, 2.75) is 87.9 Å². The predicted molar refractivity (Wildman–Crippen MR) is 279 cm³/mol. The smallest absolute Gasteiger partial charge is 0.342 e. The van der Waals surface area contributed by atoms with Crippen LogP contribution in [-0.2, 0) is 35.8 Å². The fourth-order valence-corrected chi connectivity index (χ4v) is 9.17.